The molecule has 0 radical (unpaired) electrons. The first-order valence-electron chi connectivity index (χ1n) is 7.64. The quantitative estimate of drug-likeness (QED) is 0.784. The standard InChI is InChI=1S/C17H21N5O2/c1-10(2)18-17(24)15-9-16(20-11(3)19-15)22-14-7-5-13(6-8-14)21-12(4)23/h5-10H,1-4H3,(H,18,24)(H,21,23)(H,19,20,22). The molecule has 2 rings (SSSR count). The number of hydrogen-bond donors (Lipinski definition) is 3. The van der Waals surface area contributed by atoms with Gasteiger partial charge in [0.1, 0.15) is 17.3 Å². The molecule has 0 aliphatic heterocycles. The van der Waals surface area contributed by atoms with E-state index in [-0.39, 0.29) is 17.9 Å². The lowest BCUT2D eigenvalue weighted by molar-refractivity contribution is -0.114. The second-order valence-electron chi connectivity index (χ2n) is 5.70. The van der Waals surface area contributed by atoms with Crippen molar-refractivity contribution in [2.24, 2.45) is 0 Å². The van der Waals surface area contributed by atoms with Crippen LogP contribution in [0, 0.1) is 6.92 Å². The van der Waals surface area contributed by atoms with Crippen molar-refractivity contribution >= 4 is 29.0 Å². The van der Waals surface area contributed by atoms with Gasteiger partial charge in [-0.3, -0.25) is 9.59 Å². The van der Waals surface area contributed by atoms with E-state index in [0.29, 0.717) is 23.0 Å². The largest absolute Gasteiger partial charge is 0.349 e. The van der Waals surface area contributed by atoms with Gasteiger partial charge in [-0.05, 0) is 45.0 Å². The van der Waals surface area contributed by atoms with E-state index in [2.05, 4.69) is 25.9 Å². The van der Waals surface area contributed by atoms with Gasteiger partial charge in [-0.15, -0.1) is 0 Å². The number of aryl methyl sites for hydroxylation is 1. The van der Waals surface area contributed by atoms with Crippen molar-refractivity contribution in [2.45, 2.75) is 33.7 Å². The van der Waals surface area contributed by atoms with Crippen molar-refractivity contribution in [1.29, 1.82) is 0 Å². The second-order valence-corrected chi connectivity index (χ2v) is 5.70. The first kappa shape index (κ1) is 17.4. The summed E-state index contributed by atoms with van der Waals surface area (Å²) in [5, 5.41) is 8.64. The lowest BCUT2D eigenvalue weighted by Gasteiger charge is -2.11. The van der Waals surface area contributed by atoms with Crippen LogP contribution in [0.1, 0.15) is 37.1 Å². The fourth-order valence-electron chi connectivity index (χ4n) is 2.07. The van der Waals surface area contributed by atoms with Gasteiger partial charge in [-0.1, -0.05) is 0 Å². The van der Waals surface area contributed by atoms with E-state index in [1.165, 1.54) is 6.92 Å². The van der Waals surface area contributed by atoms with Crippen LogP contribution in [-0.4, -0.2) is 27.8 Å². The minimum Gasteiger partial charge on any atom is -0.349 e. The first-order valence-corrected chi connectivity index (χ1v) is 7.64. The van der Waals surface area contributed by atoms with E-state index in [9.17, 15) is 9.59 Å². The summed E-state index contributed by atoms with van der Waals surface area (Å²) in [6.07, 6.45) is 0. The summed E-state index contributed by atoms with van der Waals surface area (Å²) in [6.45, 7) is 6.97. The van der Waals surface area contributed by atoms with E-state index < -0.39 is 0 Å². The molecule has 0 unspecified atom stereocenters. The molecule has 3 N–H and O–H groups in total. The molecule has 1 aromatic heterocycles. The van der Waals surface area contributed by atoms with Gasteiger partial charge in [0.2, 0.25) is 5.91 Å². The SMILES string of the molecule is CC(=O)Nc1ccc(Nc2cc(C(=O)NC(C)C)nc(C)n2)cc1. The molecule has 0 atom stereocenters. The van der Waals surface area contributed by atoms with Crippen LogP contribution in [0.4, 0.5) is 17.2 Å². The molecule has 0 aliphatic carbocycles. The highest BCUT2D eigenvalue weighted by atomic mass is 16.2. The van der Waals surface area contributed by atoms with Gasteiger partial charge < -0.3 is 16.0 Å². The van der Waals surface area contributed by atoms with Gasteiger partial charge in [0.25, 0.3) is 5.91 Å². The van der Waals surface area contributed by atoms with Crippen LogP contribution < -0.4 is 16.0 Å². The van der Waals surface area contributed by atoms with E-state index in [4.69, 9.17) is 0 Å². The van der Waals surface area contributed by atoms with E-state index in [1.54, 1.807) is 25.1 Å². The predicted molar refractivity (Wildman–Crippen MR) is 93.4 cm³/mol. The average Bonchev–Trinajstić information content (AvgIpc) is 2.47. The second kappa shape index (κ2) is 7.54. The lowest BCUT2D eigenvalue weighted by Crippen LogP contribution is -2.31. The molecule has 24 heavy (non-hydrogen) atoms. The molecular formula is C17H21N5O2. The third-order valence-corrected chi connectivity index (χ3v) is 2.97. The number of amides is 2. The number of hydrogen-bond acceptors (Lipinski definition) is 5. The number of carbonyl (C=O) groups is 2. The van der Waals surface area contributed by atoms with Gasteiger partial charge in [0.05, 0.1) is 0 Å². The minimum absolute atomic E-state index is 0.0329. The molecular weight excluding hydrogens is 306 g/mol. The van der Waals surface area contributed by atoms with E-state index >= 15 is 0 Å². The van der Waals surface area contributed by atoms with Gasteiger partial charge in [0.15, 0.2) is 0 Å². The molecule has 2 aromatic rings. The van der Waals surface area contributed by atoms with Crippen molar-refractivity contribution < 1.29 is 9.59 Å². The Bertz CT molecular complexity index is 741. The van der Waals surface area contributed by atoms with Gasteiger partial charge in [-0.2, -0.15) is 0 Å². The molecule has 126 valence electrons. The zero-order valence-electron chi connectivity index (χ0n) is 14.2. The third kappa shape index (κ3) is 5.05. The van der Waals surface area contributed by atoms with Gasteiger partial charge in [0, 0.05) is 30.4 Å². The Balaban J connectivity index is 2.16. The molecule has 0 bridgehead atoms. The summed E-state index contributed by atoms with van der Waals surface area (Å²) >= 11 is 0. The normalized spacial score (nSPS) is 10.4. The topological polar surface area (TPSA) is 96.0 Å². The molecule has 0 spiro atoms. The number of rotatable bonds is 5. The zero-order chi connectivity index (χ0) is 17.7. The van der Waals surface area contributed by atoms with Crippen LogP contribution in [0.5, 0.6) is 0 Å². The summed E-state index contributed by atoms with van der Waals surface area (Å²) in [6, 6.07) is 8.83. The van der Waals surface area contributed by atoms with Crippen molar-refractivity contribution in [3.8, 4) is 0 Å². The zero-order valence-corrected chi connectivity index (χ0v) is 14.2. The Morgan fingerprint density at radius 1 is 1.04 bits per heavy atom. The number of anilines is 3. The first-order chi connectivity index (χ1) is 11.3. The van der Waals surface area contributed by atoms with Crippen molar-refractivity contribution in [2.75, 3.05) is 10.6 Å². The van der Waals surface area contributed by atoms with E-state index in [0.717, 1.165) is 5.69 Å². The number of nitrogens with one attached hydrogen (secondary N) is 3. The molecule has 0 fully saturated rings. The summed E-state index contributed by atoms with van der Waals surface area (Å²) in [4.78, 5) is 31.6. The number of carbonyl (C=O) groups excluding carboxylic acids is 2. The van der Waals surface area contributed by atoms with Crippen LogP contribution in [0.15, 0.2) is 30.3 Å². The summed E-state index contributed by atoms with van der Waals surface area (Å²) in [5.74, 6) is 0.676. The molecule has 7 nitrogen and oxygen atoms in total. The highest BCUT2D eigenvalue weighted by molar-refractivity contribution is 5.93. The Kier molecular flexibility index (Phi) is 5.47. The summed E-state index contributed by atoms with van der Waals surface area (Å²) in [5.41, 5.74) is 1.81. The molecule has 0 aliphatic rings. The summed E-state index contributed by atoms with van der Waals surface area (Å²) < 4.78 is 0. The average molecular weight is 327 g/mol. The van der Waals surface area contributed by atoms with Crippen LogP contribution in [0.3, 0.4) is 0 Å². The lowest BCUT2D eigenvalue weighted by atomic mass is 10.2. The maximum Gasteiger partial charge on any atom is 0.270 e. The number of aromatic nitrogens is 2. The summed E-state index contributed by atoms with van der Waals surface area (Å²) in [7, 11) is 0. The van der Waals surface area contributed by atoms with Crippen LogP contribution >= 0.6 is 0 Å². The Hall–Kier alpha value is -2.96. The molecule has 0 saturated carbocycles. The number of nitrogens with zero attached hydrogens (tertiary/aromatic N) is 2. The molecule has 2 amide bonds. The Morgan fingerprint density at radius 3 is 2.25 bits per heavy atom. The smallest absolute Gasteiger partial charge is 0.270 e. The Morgan fingerprint density at radius 2 is 1.67 bits per heavy atom. The Labute approximate surface area is 140 Å². The monoisotopic (exact) mass is 327 g/mol. The van der Waals surface area contributed by atoms with Crippen LogP contribution in [0.25, 0.3) is 0 Å². The van der Waals surface area contributed by atoms with Crippen molar-refractivity contribution in [1.82, 2.24) is 15.3 Å². The predicted octanol–water partition coefficient (Wildman–Crippen LogP) is 2.63. The number of benzene rings is 1. The molecule has 0 saturated heterocycles. The fraction of sp³-hybridized carbons (Fsp3) is 0.294. The minimum atomic E-state index is -0.237. The van der Waals surface area contributed by atoms with Crippen molar-refractivity contribution in [3.05, 3.63) is 41.9 Å². The highest BCUT2D eigenvalue weighted by Crippen LogP contribution is 2.18. The van der Waals surface area contributed by atoms with Crippen LogP contribution in [0.2, 0.25) is 0 Å². The molecule has 1 aromatic carbocycles. The third-order valence-electron chi connectivity index (χ3n) is 2.97. The maximum absolute atomic E-state index is 12.1. The molecule has 1 heterocycles. The van der Waals surface area contributed by atoms with Gasteiger partial charge in [-0.25, -0.2) is 9.97 Å². The van der Waals surface area contributed by atoms with E-state index in [1.807, 2.05) is 26.0 Å². The van der Waals surface area contributed by atoms with Gasteiger partial charge >= 0.3 is 0 Å². The fourth-order valence-corrected chi connectivity index (χ4v) is 2.07. The molecule has 7 heteroatoms. The van der Waals surface area contributed by atoms with Crippen LogP contribution in [-0.2, 0) is 4.79 Å². The van der Waals surface area contributed by atoms with Crippen molar-refractivity contribution in [3.63, 3.8) is 0 Å². The highest BCUT2D eigenvalue weighted by Gasteiger charge is 2.11. The maximum atomic E-state index is 12.1.